The van der Waals surface area contributed by atoms with Crippen LogP contribution in [-0.2, 0) is 19.4 Å². The van der Waals surface area contributed by atoms with E-state index in [4.69, 9.17) is 0 Å². The number of carbonyl (C=O) groups excluding carboxylic acids is 1. The molecule has 1 aliphatic rings. The van der Waals surface area contributed by atoms with Gasteiger partial charge in [-0.15, -0.1) is 0 Å². The second kappa shape index (κ2) is 7.90. The minimum absolute atomic E-state index is 0.126. The maximum absolute atomic E-state index is 13.1. The number of carbonyl (C=O) groups is 1. The summed E-state index contributed by atoms with van der Waals surface area (Å²) in [5.41, 5.74) is 3.56. The van der Waals surface area contributed by atoms with Crippen LogP contribution in [-0.4, -0.2) is 28.5 Å². The molecule has 1 aromatic heterocycles. The zero-order chi connectivity index (χ0) is 18.7. The van der Waals surface area contributed by atoms with Crippen molar-refractivity contribution < 1.29 is 4.79 Å². The Hall–Kier alpha value is -2.36. The Kier molecular flexibility index (Phi) is 5.60. The Morgan fingerprint density at radius 3 is 2.27 bits per heavy atom. The highest BCUT2D eigenvalue weighted by Gasteiger charge is 2.24. The van der Waals surface area contributed by atoms with Crippen molar-refractivity contribution in [3.8, 4) is 0 Å². The van der Waals surface area contributed by atoms with E-state index in [1.54, 1.807) is 4.57 Å². The lowest BCUT2D eigenvalue weighted by molar-refractivity contribution is 0.0759. The minimum atomic E-state index is -0.155. The highest BCUT2D eigenvalue weighted by molar-refractivity contribution is 5.95. The van der Waals surface area contributed by atoms with E-state index in [1.165, 1.54) is 11.1 Å². The number of rotatable bonds is 4. The summed E-state index contributed by atoms with van der Waals surface area (Å²) < 4.78 is 1.69. The predicted octanol–water partition coefficient (Wildman–Crippen LogP) is 3.44. The van der Waals surface area contributed by atoms with Gasteiger partial charge in [0.1, 0.15) is 5.56 Å². The summed E-state index contributed by atoms with van der Waals surface area (Å²) in [5.74, 6) is 0.394. The molecule has 1 aliphatic heterocycles. The third-order valence-electron chi connectivity index (χ3n) is 5.24. The average Bonchev–Trinajstić information content (AvgIpc) is 2.83. The number of nitrogens with zero attached hydrogens (tertiary/aromatic N) is 2. The molecule has 4 nitrogen and oxygen atoms in total. The number of amides is 1. The molecule has 1 aromatic carbocycles. The Balaban J connectivity index is 1.84. The van der Waals surface area contributed by atoms with Gasteiger partial charge in [0, 0.05) is 25.8 Å². The molecule has 1 amide bonds. The maximum Gasteiger partial charge on any atom is 0.263 e. The van der Waals surface area contributed by atoms with Crippen molar-refractivity contribution in [2.75, 3.05) is 13.1 Å². The molecule has 0 N–H and O–H groups in total. The van der Waals surface area contributed by atoms with E-state index in [0.29, 0.717) is 31.1 Å². The first-order chi connectivity index (χ1) is 12.5. The molecule has 0 aliphatic carbocycles. The van der Waals surface area contributed by atoms with Crippen molar-refractivity contribution in [2.24, 2.45) is 5.92 Å². The molecule has 2 aromatic rings. The third-order valence-corrected chi connectivity index (χ3v) is 5.24. The summed E-state index contributed by atoms with van der Waals surface area (Å²) >= 11 is 0. The SMILES string of the molecule is Cc1ccn(CCC(C)C)c(=O)c1C(=O)N1CCc2ccccc2CC1. The van der Waals surface area contributed by atoms with Gasteiger partial charge in [-0.1, -0.05) is 38.1 Å². The minimum Gasteiger partial charge on any atom is -0.338 e. The molecule has 0 bridgehead atoms. The molecular weight excluding hydrogens is 324 g/mol. The van der Waals surface area contributed by atoms with Gasteiger partial charge >= 0.3 is 0 Å². The highest BCUT2D eigenvalue weighted by Crippen LogP contribution is 2.17. The van der Waals surface area contributed by atoms with Crippen molar-refractivity contribution in [2.45, 2.75) is 46.6 Å². The van der Waals surface area contributed by atoms with E-state index in [9.17, 15) is 9.59 Å². The summed E-state index contributed by atoms with van der Waals surface area (Å²) in [6.07, 6.45) is 4.43. The quantitative estimate of drug-likeness (QED) is 0.846. The summed E-state index contributed by atoms with van der Waals surface area (Å²) in [6.45, 7) is 8.11. The summed E-state index contributed by atoms with van der Waals surface area (Å²) in [5, 5.41) is 0. The second-order valence-electron chi connectivity index (χ2n) is 7.62. The number of fused-ring (bicyclic) bond motifs is 1. The Labute approximate surface area is 155 Å². The van der Waals surface area contributed by atoms with Crippen molar-refractivity contribution in [3.05, 3.63) is 69.1 Å². The molecule has 4 heteroatoms. The van der Waals surface area contributed by atoms with E-state index < -0.39 is 0 Å². The van der Waals surface area contributed by atoms with Crippen molar-refractivity contribution >= 4 is 5.91 Å². The number of hydrogen-bond acceptors (Lipinski definition) is 2. The van der Waals surface area contributed by atoms with Crippen LogP contribution in [0.15, 0.2) is 41.3 Å². The molecule has 138 valence electrons. The smallest absolute Gasteiger partial charge is 0.263 e. The molecule has 0 unspecified atom stereocenters. The fourth-order valence-electron chi connectivity index (χ4n) is 3.53. The summed E-state index contributed by atoms with van der Waals surface area (Å²) in [7, 11) is 0. The molecule has 0 saturated carbocycles. The van der Waals surface area contributed by atoms with Crippen LogP contribution in [0.3, 0.4) is 0 Å². The van der Waals surface area contributed by atoms with Gasteiger partial charge in [-0.25, -0.2) is 0 Å². The summed E-state index contributed by atoms with van der Waals surface area (Å²) in [6, 6.07) is 10.3. The normalized spacial score (nSPS) is 14.2. The first kappa shape index (κ1) is 18.4. The van der Waals surface area contributed by atoms with Gasteiger partial charge in [0.2, 0.25) is 0 Å². The Bertz CT molecular complexity index is 824. The Morgan fingerprint density at radius 2 is 1.69 bits per heavy atom. The predicted molar refractivity (Wildman–Crippen MR) is 105 cm³/mol. The molecule has 0 fully saturated rings. The van der Waals surface area contributed by atoms with Crippen LogP contribution in [0.2, 0.25) is 0 Å². The van der Waals surface area contributed by atoms with Crippen LogP contribution in [0.4, 0.5) is 0 Å². The lowest BCUT2D eigenvalue weighted by atomic mass is 10.0. The topological polar surface area (TPSA) is 42.3 Å². The second-order valence-corrected chi connectivity index (χ2v) is 7.62. The standard InChI is InChI=1S/C22H28N2O2/c1-16(2)8-12-23-13-9-17(3)20(21(23)25)22(26)24-14-10-18-6-4-5-7-19(18)11-15-24/h4-7,9,13,16H,8,10-12,14-15H2,1-3H3. The van der Waals surface area contributed by atoms with Crippen LogP contribution >= 0.6 is 0 Å². The molecule has 3 rings (SSSR count). The molecule has 0 radical (unpaired) electrons. The van der Waals surface area contributed by atoms with Gasteiger partial charge in [0.05, 0.1) is 0 Å². The van der Waals surface area contributed by atoms with Crippen LogP contribution in [0.1, 0.15) is 47.3 Å². The first-order valence-corrected chi connectivity index (χ1v) is 9.53. The van der Waals surface area contributed by atoms with Gasteiger partial charge in [-0.05, 0) is 54.9 Å². The van der Waals surface area contributed by atoms with E-state index in [2.05, 4.69) is 26.0 Å². The van der Waals surface area contributed by atoms with Gasteiger partial charge < -0.3 is 9.47 Å². The van der Waals surface area contributed by atoms with Crippen molar-refractivity contribution in [1.29, 1.82) is 0 Å². The zero-order valence-electron chi connectivity index (χ0n) is 16.0. The lowest BCUT2D eigenvalue weighted by Gasteiger charge is -2.21. The highest BCUT2D eigenvalue weighted by atomic mass is 16.2. The van der Waals surface area contributed by atoms with Gasteiger partial charge in [0.15, 0.2) is 0 Å². The number of aromatic nitrogens is 1. The van der Waals surface area contributed by atoms with Crippen LogP contribution in [0, 0.1) is 12.8 Å². The van der Waals surface area contributed by atoms with Crippen LogP contribution in [0.5, 0.6) is 0 Å². The largest absolute Gasteiger partial charge is 0.338 e. The summed E-state index contributed by atoms with van der Waals surface area (Å²) in [4.78, 5) is 27.9. The third kappa shape index (κ3) is 3.90. The fraction of sp³-hybridized carbons (Fsp3) is 0.455. The monoisotopic (exact) mass is 352 g/mol. The van der Waals surface area contributed by atoms with Crippen molar-refractivity contribution in [3.63, 3.8) is 0 Å². The van der Waals surface area contributed by atoms with Crippen molar-refractivity contribution in [1.82, 2.24) is 9.47 Å². The van der Waals surface area contributed by atoms with E-state index in [-0.39, 0.29) is 11.5 Å². The molecule has 2 heterocycles. The Morgan fingerprint density at radius 1 is 1.08 bits per heavy atom. The molecule has 0 spiro atoms. The van der Waals surface area contributed by atoms with Crippen LogP contribution in [0.25, 0.3) is 0 Å². The lowest BCUT2D eigenvalue weighted by Crippen LogP contribution is -2.39. The molecule has 0 atom stereocenters. The van der Waals surface area contributed by atoms with Crippen LogP contribution < -0.4 is 5.56 Å². The maximum atomic E-state index is 13.1. The van der Waals surface area contributed by atoms with Gasteiger partial charge in [0.25, 0.3) is 11.5 Å². The average molecular weight is 352 g/mol. The number of benzene rings is 1. The van der Waals surface area contributed by atoms with E-state index in [0.717, 1.165) is 24.8 Å². The first-order valence-electron chi connectivity index (χ1n) is 9.53. The molecule has 0 saturated heterocycles. The molecule has 26 heavy (non-hydrogen) atoms. The van der Waals surface area contributed by atoms with Gasteiger partial charge in [-0.3, -0.25) is 9.59 Å². The van der Waals surface area contributed by atoms with E-state index in [1.807, 2.05) is 36.2 Å². The molecular formula is C22H28N2O2. The number of pyridine rings is 1. The zero-order valence-corrected chi connectivity index (χ0v) is 16.0. The van der Waals surface area contributed by atoms with Gasteiger partial charge in [-0.2, -0.15) is 0 Å². The van der Waals surface area contributed by atoms with E-state index >= 15 is 0 Å². The number of hydrogen-bond donors (Lipinski definition) is 0. The fourth-order valence-corrected chi connectivity index (χ4v) is 3.53. The number of aryl methyl sites for hydroxylation is 2.